The van der Waals surface area contributed by atoms with Crippen molar-refractivity contribution < 1.29 is 9.18 Å². The van der Waals surface area contributed by atoms with Crippen molar-refractivity contribution in [1.82, 2.24) is 15.1 Å². The molecule has 6 nitrogen and oxygen atoms in total. The molecule has 7 heteroatoms. The SMILES string of the molecule is O=C(NC1CCCC1)[C@H]1CCCN(c2ccc(=O)n(-c3ccc(F)cc3)n2)C1. The number of aromatic nitrogens is 2. The van der Waals surface area contributed by atoms with Crippen LogP contribution in [0.1, 0.15) is 38.5 Å². The maximum Gasteiger partial charge on any atom is 0.271 e. The number of halogens is 1. The highest BCUT2D eigenvalue weighted by Gasteiger charge is 2.29. The van der Waals surface area contributed by atoms with E-state index < -0.39 is 0 Å². The minimum atomic E-state index is -0.361. The van der Waals surface area contributed by atoms with Crippen LogP contribution in [0.3, 0.4) is 0 Å². The molecular weight excluding hydrogens is 359 g/mol. The Labute approximate surface area is 163 Å². The standard InChI is InChI=1S/C21H25FN4O2/c22-16-7-9-18(10-8-16)26-20(27)12-11-19(24-26)25-13-3-4-15(14-25)21(28)23-17-5-1-2-6-17/h7-12,15,17H,1-6,13-14H2,(H,23,28)/t15-/m0/s1. The molecule has 1 saturated carbocycles. The number of hydrogen-bond acceptors (Lipinski definition) is 4. The number of nitrogens with one attached hydrogen (secondary N) is 1. The van der Waals surface area contributed by atoms with Crippen LogP contribution in [-0.4, -0.2) is 34.8 Å². The normalized spacial score (nSPS) is 20.3. The highest BCUT2D eigenvalue weighted by atomic mass is 19.1. The Hall–Kier alpha value is -2.70. The molecule has 1 saturated heterocycles. The first-order valence-electron chi connectivity index (χ1n) is 10.0. The smallest absolute Gasteiger partial charge is 0.271 e. The molecule has 2 aliphatic rings. The van der Waals surface area contributed by atoms with Crippen LogP contribution >= 0.6 is 0 Å². The lowest BCUT2D eigenvalue weighted by atomic mass is 9.96. The predicted molar refractivity (Wildman–Crippen MR) is 105 cm³/mol. The number of benzene rings is 1. The molecule has 2 heterocycles. The molecule has 2 fully saturated rings. The van der Waals surface area contributed by atoms with Crippen LogP contribution in [0.5, 0.6) is 0 Å². The van der Waals surface area contributed by atoms with Gasteiger partial charge in [0.05, 0.1) is 11.6 Å². The third-order valence-electron chi connectivity index (χ3n) is 5.68. The summed E-state index contributed by atoms with van der Waals surface area (Å²) in [5.41, 5.74) is 0.240. The molecule has 1 atom stereocenters. The molecule has 0 bridgehead atoms. The van der Waals surface area contributed by atoms with Gasteiger partial charge < -0.3 is 10.2 Å². The average molecular weight is 384 g/mol. The zero-order valence-corrected chi connectivity index (χ0v) is 15.8. The van der Waals surface area contributed by atoms with Gasteiger partial charge in [0.15, 0.2) is 0 Å². The predicted octanol–water partition coefficient (Wildman–Crippen LogP) is 2.65. The van der Waals surface area contributed by atoms with E-state index in [1.54, 1.807) is 6.07 Å². The van der Waals surface area contributed by atoms with Crippen LogP contribution < -0.4 is 15.8 Å². The average Bonchev–Trinajstić information content (AvgIpc) is 3.22. The molecule has 1 aromatic heterocycles. The molecule has 2 aromatic rings. The second kappa shape index (κ2) is 8.12. The molecule has 0 spiro atoms. The Bertz CT molecular complexity index is 890. The van der Waals surface area contributed by atoms with Crippen LogP contribution in [0.25, 0.3) is 5.69 Å². The van der Waals surface area contributed by atoms with Crippen molar-refractivity contribution in [3.8, 4) is 5.69 Å². The molecular formula is C21H25FN4O2. The van der Waals surface area contributed by atoms with Gasteiger partial charge in [-0.15, -0.1) is 5.10 Å². The van der Waals surface area contributed by atoms with Crippen molar-refractivity contribution in [2.24, 2.45) is 5.92 Å². The van der Waals surface area contributed by atoms with E-state index in [1.165, 1.54) is 47.9 Å². The number of carbonyl (C=O) groups excluding carboxylic acids is 1. The molecule has 4 rings (SSSR count). The van der Waals surface area contributed by atoms with Crippen LogP contribution in [0, 0.1) is 11.7 Å². The van der Waals surface area contributed by atoms with E-state index in [0.717, 1.165) is 32.2 Å². The fourth-order valence-electron chi connectivity index (χ4n) is 4.13. The van der Waals surface area contributed by atoms with Gasteiger partial charge in [-0.1, -0.05) is 12.8 Å². The van der Waals surface area contributed by atoms with E-state index in [-0.39, 0.29) is 23.2 Å². The Kier molecular flexibility index (Phi) is 5.41. The maximum absolute atomic E-state index is 13.2. The summed E-state index contributed by atoms with van der Waals surface area (Å²) in [7, 11) is 0. The van der Waals surface area contributed by atoms with E-state index in [9.17, 15) is 14.0 Å². The Morgan fingerprint density at radius 2 is 1.79 bits per heavy atom. The molecule has 0 radical (unpaired) electrons. The van der Waals surface area contributed by atoms with Crippen molar-refractivity contribution in [2.45, 2.75) is 44.6 Å². The third-order valence-corrected chi connectivity index (χ3v) is 5.68. The van der Waals surface area contributed by atoms with Crippen molar-refractivity contribution in [1.29, 1.82) is 0 Å². The number of hydrogen-bond donors (Lipinski definition) is 1. The van der Waals surface area contributed by atoms with Gasteiger partial charge >= 0.3 is 0 Å². The van der Waals surface area contributed by atoms with Crippen LogP contribution in [0.2, 0.25) is 0 Å². The minimum Gasteiger partial charge on any atom is -0.354 e. The summed E-state index contributed by atoms with van der Waals surface area (Å²) < 4.78 is 14.5. The molecule has 1 aliphatic heterocycles. The van der Waals surface area contributed by atoms with Crippen molar-refractivity contribution in [3.05, 3.63) is 52.6 Å². The van der Waals surface area contributed by atoms with Gasteiger partial charge in [0.2, 0.25) is 5.91 Å². The first kappa shape index (κ1) is 18.7. The monoisotopic (exact) mass is 384 g/mol. The molecule has 1 aromatic carbocycles. The first-order valence-corrected chi connectivity index (χ1v) is 10.0. The van der Waals surface area contributed by atoms with Gasteiger partial charge in [-0.05, 0) is 56.0 Å². The second-order valence-electron chi connectivity index (χ2n) is 7.69. The third kappa shape index (κ3) is 4.08. The number of anilines is 1. The fourth-order valence-corrected chi connectivity index (χ4v) is 4.13. The lowest BCUT2D eigenvalue weighted by Gasteiger charge is -2.33. The Balaban J connectivity index is 1.50. The highest BCUT2D eigenvalue weighted by Crippen LogP contribution is 2.23. The van der Waals surface area contributed by atoms with Crippen molar-refractivity contribution in [3.63, 3.8) is 0 Å². The molecule has 1 amide bonds. The lowest BCUT2D eigenvalue weighted by Crippen LogP contribution is -2.46. The quantitative estimate of drug-likeness (QED) is 0.880. The van der Waals surface area contributed by atoms with Gasteiger partial charge in [0.1, 0.15) is 11.6 Å². The minimum absolute atomic E-state index is 0.0673. The summed E-state index contributed by atoms with van der Waals surface area (Å²) in [5.74, 6) is 0.355. The molecule has 148 valence electrons. The van der Waals surface area contributed by atoms with E-state index in [0.29, 0.717) is 24.1 Å². The van der Waals surface area contributed by atoms with Crippen LogP contribution in [0.4, 0.5) is 10.2 Å². The number of nitrogens with zero attached hydrogens (tertiary/aromatic N) is 3. The summed E-state index contributed by atoms with van der Waals surface area (Å²) in [4.78, 5) is 26.9. The first-order chi connectivity index (χ1) is 13.6. The molecule has 1 N–H and O–H groups in total. The van der Waals surface area contributed by atoms with E-state index in [2.05, 4.69) is 15.3 Å². The number of rotatable bonds is 4. The van der Waals surface area contributed by atoms with Crippen LogP contribution in [-0.2, 0) is 4.79 Å². The molecule has 28 heavy (non-hydrogen) atoms. The fraction of sp³-hybridized carbons (Fsp3) is 0.476. The van der Waals surface area contributed by atoms with E-state index in [1.807, 2.05) is 0 Å². The maximum atomic E-state index is 13.2. The molecule has 0 unspecified atom stereocenters. The Morgan fingerprint density at radius 1 is 1.04 bits per heavy atom. The summed E-state index contributed by atoms with van der Waals surface area (Å²) in [5, 5.41) is 7.66. The van der Waals surface area contributed by atoms with Gasteiger partial charge in [0, 0.05) is 25.2 Å². The largest absolute Gasteiger partial charge is 0.354 e. The number of piperidine rings is 1. The van der Waals surface area contributed by atoms with Crippen molar-refractivity contribution >= 4 is 11.7 Å². The number of carbonyl (C=O) groups is 1. The highest BCUT2D eigenvalue weighted by molar-refractivity contribution is 5.79. The number of amides is 1. The van der Waals surface area contributed by atoms with Gasteiger partial charge in [-0.2, -0.15) is 4.68 Å². The summed E-state index contributed by atoms with van der Waals surface area (Å²) in [6, 6.07) is 9.15. The van der Waals surface area contributed by atoms with E-state index in [4.69, 9.17) is 0 Å². The lowest BCUT2D eigenvalue weighted by molar-refractivity contribution is -0.125. The van der Waals surface area contributed by atoms with Crippen molar-refractivity contribution in [2.75, 3.05) is 18.0 Å². The summed E-state index contributed by atoms with van der Waals surface area (Å²) >= 11 is 0. The summed E-state index contributed by atoms with van der Waals surface area (Å²) in [6.07, 6.45) is 6.30. The Morgan fingerprint density at radius 3 is 2.54 bits per heavy atom. The topological polar surface area (TPSA) is 67.2 Å². The van der Waals surface area contributed by atoms with Gasteiger partial charge in [0.25, 0.3) is 5.56 Å². The molecule has 1 aliphatic carbocycles. The summed E-state index contributed by atoms with van der Waals surface area (Å²) in [6.45, 7) is 1.38. The van der Waals surface area contributed by atoms with Gasteiger partial charge in [-0.25, -0.2) is 4.39 Å². The zero-order valence-electron chi connectivity index (χ0n) is 15.8. The van der Waals surface area contributed by atoms with E-state index >= 15 is 0 Å². The van der Waals surface area contributed by atoms with Gasteiger partial charge in [-0.3, -0.25) is 9.59 Å². The van der Waals surface area contributed by atoms with Crippen LogP contribution in [0.15, 0.2) is 41.2 Å². The zero-order chi connectivity index (χ0) is 19.5. The second-order valence-corrected chi connectivity index (χ2v) is 7.69.